The van der Waals surface area contributed by atoms with E-state index in [1.165, 1.54) is 12.1 Å². The van der Waals surface area contributed by atoms with Crippen molar-refractivity contribution in [3.8, 4) is 11.5 Å². The molecular formula is C14H15ClFNO. The summed E-state index contributed by atoms with van der Waals surface area (Å²) in [6.07, 6.45) is 0. The van der Waals surface area contributed by atoms with Crippen molar-refractivity contribution in [1.82, 2.24) is 0 Å². The average molecular weight is 268 g/mol. The Labute approximate surface area is 112 Å². The van der Waals surface area contributed by atoms with Crippen LogP contribution in [0.1, 0.15) is 18.5 Å². The second kappa shape index (κ2) is 6.38. The van der Waals surface area contributed by atoms with Crippen LogP contribution >= 0.6 is 12.4 Å². The molecule has 2 aromatic carbocycles. The van der Waals surface area contributed by atoms with Crippen molar-refractivity contribution in [3.05, 3.63) is 59.9 Å². The van der Waals surface area contributed by atoms with Gasteiger partial charge in [0.05, 0.1) is 0 Å². The van der Waals surface area contributed by atoms with Crippen LogP contribution in [-0.4, -0.2) is 0 Å². The van der Waals surface area contributed by atoms with E-state index >= 15 is 0 Å². The number of ether oxygens (including phenoxy) is 1. The van der Waals surface area contributed by atoms with Crippen LogP contribution in [0.15, 0.2) is 48.5 Å². The van der Waals surface area contributed by atoms with Crippen LogP contribution in [0.5, 0.6) is 11.5 Å². The van der Waals surface area contributed by atoms with Crippen LogP contribution in [0.4, 0.5) is 4.39 Å². The normalized spacial score (nSPS) is 11.5. The smallest absolute Gasteiger partial charge is 0.127 e. The Kier molecular flexibility index (Phi) is 5.13. The zero-order valence-corrected chi connectivity index (χ0v) is 10.8. The molecule has 0 saturated heterocycles. The third kappa shape index (κ3) is 3.72. The molecule has 0 aromatic heterocycles. The molecule has 0 radical (unpaired) electrons. The molecule has 4 heteroatoms. The number of benzene rings is 2. The Hall–Kier alpha value is -1.58. The minimum absolute atomic E-state index is 0. The highest BCUT2D eigenvalue weighted by Gasteiger charge is 2.01. The monoisotopic (exact) mass is 267 g/mol. The van der Waals surface area contributed by atoms with Gasteiger partial charge in [-0.15, -0.1) is 12.4 Å². The van der Waals surface area contributed by atoms with E-state index in [2.05, 4.69) is 0 Å². The highest BCUT2D eigenvalue weighted by atomic mass is 35.5. The van der Waals surface area contributed by atoms with E-state index in [1.807, 2.05) is 31.2 Å². The number of hydrogen-bond donors (Lipinski definition) is 1. The molecule has 0 unspecified atom stereocenters. The fraction of sp³-hybridized carbons (Fsp3) is 0.143. The summed E-state index contributed by atoms with van der Waals surface area (Å²) in [5.41, 5.74) is 6.80. The molecule has 1 atom stereocenters. The van der Waals surface area contributed by atoms with Crippen molar-refractivity contribution in [1.29, 1.82) is 0 Å². The maximum absolute atomic E-state index is 12.7. The van der Waals surface area contributed by atoms with Gasteiger partial charge in [-0.25, -0.2) is 4.39 Å². The van der Waals surface area contributed by atoms with E-state index < -0.39 is 0 Å². The second-order valence-electron chi connectivity index (χ2n) is 3.91. The van der Waals surface area contributed by atoms with Crippen molar-refractivity contribution in [3.63, 3.8) is 0 Å². The first-order chi connectivity index (χ1) is 8.15. The summed E-state index contributed by atoms with van der Waals surface area (Å²) < 4.78 is 18.3. The highest BCUT2D eigenvalue weighted by molar-refractivity contribution is 5.85. The van der Waals surface area contributed by atoms with Crippen LogP contribution in [0.2, 0.25) is 0 Å². The maximum Gasteiger partial charge on any atom is 0.127 e. The molecule has 2 nitrogen and oxygen atoms in total. The minimum Gasteiger partial charge on any atom is -0.457 e. The van der Waals surface area contributed by atoms with Gasteiger partial charge >= 0.3 is 0 Å². The Morgan fingerprint density at radius 2 is 1.39 bits per heavy atom. The van der Waals surface area contributed by atoms with Crippen LogP contribution in [0, 0.1) is 5.82 Å². The number of hydrogen-bond acceptors (Lipinski definition) is 2. The molecule has 0 bridgehead atoms. The van der Waals surface area contributed by atoms with E-state index in [4.69, 9.17) is 10.5 Å². The summed E-state index contributed by atoms with van der Waals surface area (Å²) >= 11 is 0. The van der Waals surface area contributed by atoms with Gasteiger partial charge in [-0.05, 0) is 48.9 Å². The molecule has 2 aromatic rings. The zero-order valence-electron chi connectivity index (χ0n) is 9.97. The number of nitrogens with two attached hydrogens (primary N) is 1. The molecule has 96 valence electrons. The summed E-state index contributed by atoms with van der Waals surface area (Å²) in [5.74, 6) is 1.05. The van der Waals surface area contributed by atoms with Gasteiger partial charge < -0.3 is 10.5 Å². The van der Waals surface area contributed by atoms with Gasteiger partial charge in [-0.3, -0.25) is 0 Å². The van der Waals surface area contributed by atoms with Gasteiger partial charge in [0.25, 0.3) is 0 Å². The van der Waals surface area contributed by atoms with E-state index in [9.17, 15) is 4.39 Å². The van der Waals surface area contributed by atoms with E-state index in [1.54, 1.807) is 12.1 Å². The summed E-state index contributed by atoms with van der Waals surface area (Å²) in [4.78, 5) is 0. The lowest BCUT2D eigenvalue weighted by Crippen LogP contribution is -2.04. The van der Waals surface area contributed by atoms with Crippen molar-refractivity contribution < 1.29 is 9.13 Å². The Bertz CT molecular complexity index is 482. The van der Waals surface area contributed by atoms with Crippen LogP contribution in [0.3, 0.4) is 0 Å². The van der Waals surface area contributed by atoms with E-state index in [0.29, 0.717) is 11.5 Å². The molecule has 2 N–H and O–H groups in total. The molecule has 0 amide bonds. The number of halogens is 2. The van der Waals surface area contributed by atoms with Crippen LogP contribution < -0.4 is 10.5 Å². The first-order valence-corrected chi connectivity index (χ1v) is 5.44. The molecule has 0 aliphatic heterocycles. The van der Waals surface area contributed by atoms with Gasteiger partial charge in [0.15, 0.2) is 0 Å². The quantitative estimate of drug-likeness (QED) is 0.910. The molecule has 0 spiro atoms. The molecule has 2 rings (SSSR count). The van der Waals surface area contributed by atoms with Gasteiger partial charge in [0.1, 0.15) is 17.3 Å². The molecular weight excluding hydrogens is 253 g/mol. The molecule has 0 fully saturated rings. The summed E-state index contributed by atoms with van der Waals surface area (Å²) in [5, 5.41) is 0. The Morgan fingerprint density at radius 1 is 0.944 bits per heavy atom. The number of rotatable bonds is 3. The van der Waals surface area contributed by atoms with Crippen molar-refractivity contribution >= 4 is 12.4 Å². The van der Waals surface area contributed by atoms with Gasteiger partial charge in [-0.1, -0.05) is 12.1 Å². The fourth-order valence-corrected chi connectivity index (χ4v) is 1.48. The average Bonchev–Trinajstić information content (AvgIpc) is 2.33. The summed E-state index contributed by atoms with van der Waals surface area (Å²) in [6.45, 7) is 1.93. The molecule has 0 saturated carbocycles. The van der Waals surface area contributed by atoms with Crippen molar-refractivity contribution in [2.75, 3.05) is 0 Å². The lowest BCUT2D eigenvalue weighted by Gasteiger charge is -2.08. The van der Waals surface area contributed by atoms with E-state index in [0.717, 1.165) is 5.56 Å². The topological polar surface area (TPSA) is 35.2 Å². The molecule has 0 aliphatic rings. The van der Waals surface area contributed by atoms with Crippen molar-refractivity contribution in [2.24, 2.45) is 5.73 Å². The second-order valence-corrected chi connectivity index (χ2v) is 3.91. The third-order valence-corrected chi connectivity index (χ3v) is 2.46. The summed E-state index contributed by atoms with van der Waals surface area (Å²) in [7, 11) is 0. The summed E-state index contributed by atoms with van der Waals surface area (Å²) in [6, 6.07) is 13.5. The highest BCUT2D eigenvalue weighted by Crippen LogP contribution is 2.22. The predicted molar refractivity (Wildman–Crippen MR) is 72.8 cm³/mol. The van der Waals surface area contributed by atoms with Crippen molar-refractivity contribution in [2.45, 2.75) is 13.0 Å². The SMILES string of the molecule is C[C@@H](N)c1ccc(Oc2ccc(F)cc2)cc1.Cl. The third-order valence-electron chi connectivity index (χ3n) is 2.46. The fourth-order valence-electron chi connectivity index (χ4n) is 1.48. The van der Waals surface area contributed by atoms with Crippen LogP contribution in [0.25, 0.3) is 0 Å². The molecule has 18 heavy (non-hydrogen) atoms. The Morgan fingerprint density at radius 3 is 1.83 bits per heavy atom. The lowest BCUT2D eigenvalue weighted by atomic mass is 10.1. The lowest BCUT2D eigenvalue weighted by molar-refractivity contribution is 0.480. The van der Waals surface area contributed by atoms with Gasteiger partial charge in [0, 0.05) is 6.04 Å². The maximum atomic E-state index is 12.7. The molecule has 0 heterocycles. The predicted octanol–water partition coefficient (Wildman–Crippen LogP) is 4.06. The first kappa shape index (κ1) is 14.5. The zero-order chi connectivity index (χ0) is 12.3. The largest absolute Gasteiger partial charge is 0.457 e. The first-order valence-electron chi connectivity index (χ1n) is 5.44. The minimum atomic E-state index is -0.273. The Balaban J connectivity index is 0.00000162. The van der Waals surface area contributed by atoms with Gasteiger partial charge in [0.2, 0.25) is 0 Å². The standard InChI is InChI=1S/C14H14FNO.ClH/c1-10(16)11-2-6-13(7-3-11)17-14-8-4-12(15)5-9-14;/h2-10H,16H2,1H3;1H/t10-;/m1./s1. The van der Waals surface area contributed by atoms with E-state index in [-0.39, 0.29) is 24.3 Å². The van der Waals surface area contributed by atoms with Crippen LogP contribution in [-0.2, 0) is 0 Å². The van der Waals surface area contributed by atoms with Gasteiger partial charge in [-0.2, -0.15) is 0 Å². The molecule has 0 aliphatic carbocycles.